The van der Waals surface area contributed by atoms with Crippen LogP contribution in [0.4, 0.5) is 5.69 Å². The Kier molecular flexibility index (Phi) is 5.54. The molecule has 6 nitrogen and oxygen atoms in total. The third-order valence-corrected chi connectivity index (χ3v) is 5.04. The van der Waals surface area contributed by atoms with Crippen molar-refractivity contribution in [3.8, 4) is 0 Å². The zero-order valence-electron chi connectivity index (χ0n) is 15.7. The van der Waals surface area contributed by atoms with Gasteiger partial charge in [-0.05, 0) is 30.3 Å². The number of ketones is 1. The first-order valence-electron chi connectivity index (χ1n) is 9.15. The molecule has 0 atom stereocenters. The van der Waals surface area contributed by atoms with E-state index in [2.05, 4.69) is 26.2 Å². The number of carbonyl (C=O) groups excluding carboxylic acids is 2. The molecule has 0 unspecified atom stereocenters. The average Bonchev–Trinajstić information content (AvgIpc) is 2.76. The van der Waals surface area contributed by atoms with Crippen LogP contribution in [0.1, 0.15) is 15.9 Å². The van der Waals surface area contributed by atoms with Gasteiger partial charge in [-0.15, -0.1) is 0 Å². The largest absolute Gasteiger partial charge is 0.325 e. The highest BCUT2D eigenvalue weighted by molar-refractivity contribution is 9.10. The summed E-state index contributed by atoms with van der Waals surface area (Å²) in [6, 6.07) is 20.8. The molecule has 4 aromatic rings. The Morgan fingerprint density at radius 2 is 1.70 bits per heavy atom. The number of aromatic nitrogens is 2. The van der Waals surface area contributed by atoms with Crippen molar-refractivity contribution in [1.82, 2.24) is 9.55 Å². The molecule has 0 saturated carbocycles. The summed E-state index contributed by atoms with van der Waals surface area (Å²) in [5.74, 6) is -0.523. The molecule has 0 aliphatic carbocycles. The lowest BCUT2D eigenvalue weighted by Crippen LogP contribution is -2.28. The SMILES string of the molecule is O=C(Cn1cnc2ccc(Br)cc2c1=O)Nc1cccc(C(=O)c2ccccc2)c1. The van der Waals surface area contributed by atoms with E-state index < -0.39 is 5.91 Å². The molecule has 0 radical (unpaired) electrons. The minimum atomic E-state index is -0.391. The molecule has 0 fully saturated rings. The van der Waals surface area contributed by atoms with E-state index in [0.717, 1.165) is 4.47 Å². The quantitative estimate of drug-likeness (QED) is 0.455. The molecule has 1 amide bonds. The molecule has 0 saturated heterocycles. The van der Waals surface area contributed by atoms with Crippen LogP contribution in [0.3, 0.4) is 0 Å². The summed E-state index contributed by atoms with van der Waals surface area (Å²) >= 11 is 3.34. The minimum Gasteiger partial charge on any atom is -0.325 e. The van der Waals surface area contributed by atoms with Gasteiger partial charge in [-0.2, -0.15) is 0 Å². The number of rotatable bonds is 5. The topological polar surface area (TPSA) is 81.1 Å². The second kappa shape index (κ2) is 8.42. The van der Waals surface area contributed by atoms with E-state index in [0.29, 0.717) is 27.7 Å². The number of benzene rings is 3. The van der Waals surface area contributed by atoms with Crippen molar-refractivity contribution in [1.29, 1.82) is 0 Å². The van der Waals surface area contributed by atoms with Crippen LogP contribution in [0, 0.1) is 0 Å². The lowest BCUT2D eigenvalue weighted by atomic mass is 10.0. The van der Waals surface area contributed by atoms with E-state index in [-0.39, 0.29) is 17.9 Å². The van der Waals surface area contributed by atoms with Crippen LogP contribution in [0.25, 0.3) is 10.9 Å². The number of carbonyl (C=O) groups is 2. The van der Waals surface area contributed by atoms with Gasteiger partial charge in [-0.25, -0.2) is 4.98 Å². The molecule has 0 spiro atoms. The highest BCUT2D eigenvalue weighted by Crippen LogP contribution is 2.16. The summed E-state index contributed by atoms with van der Waals surface area (Å²) < 4.78 is 2.01. The summed E-state index contributed by atoms with van der Waals surface area (Å²) in [6.45, 7) is -0.189. The Labute approximate surface area is 180 Å². The van der Waals surface area contributed by atoms with Crippen LogP contribution in [0.2, 0.25) is 0 Å². The minimum absolute atomic E-state index is 0.132. The van der Waals surface area contributed by atoms with Crippen LogP contribution >= 0.6 is 15.9 Å². The van der Waals surface area contributed by atoms with Crippen LogP contribution in [0.15, 0.2) is 88.4 Å². The molecule has 0 aliphatic rings. The third kappa shape index (κ3) is 4.21. The highest BCUT2D eigenvalue weighted by Gasteiger charge is 2.12. The van der Waals surface area contributed by atoms with E-state index in [9.17, 15) is 14.4 Å². The number of hydrogen-bond donors (Lipinski definition) is 1. The van der Waals surface area contributed by atoms with E-state index in [1.807, 2.05) is 6.07 Å². The van der Waals surface area contributed by atoms with E-state index >= 15 is 0 Å². The van der Waals surface area contributed by atoms with Crippen molar-refractivity contribution in [3.05, 3.63) is 105 Å². The van der Waals surface area contributed by atoms with Crippen LogP contribution in [-0.2, 0) is 11.3 Å². The average molecular weight is 462 g/mol. The summed E-state index contributed by atoms with van der Waals surface area (Å²) in [5, 5.41) is 3.16. The van der Waals surface area contributed by atoms with Crippen molar-refractivity contribution in [2.24, 2.45) is 0 Å². The number of hydrogen-bond acceptors (Lipinski definition) is 4. The summed E-state index contributed by atoms with van der Waals surface area (Å²) in [6.07, 6.45) is 1.35. The molecule has 1 N–H and O–H groups in total. The van der Waals surface area contributed by atoms with Gasteiger partial charge in [0.15, 0.2) is 5.78 Å². The highest BCUT2D eigenvalue weighted by atomic mass is 79.9. The molecular formula is C23H16BrN3O3. The maximum atomic E-state index is 12.6. The van der Waals surface area contributed by atoms with Crippen molar-refractivity contribution in [2.45, 2.75) is 6.54 Å². The fraction of sp³-hybridized carbons (Fsp3) is 0.0435. The first-order chi connectivity index (χ1) is 14.5. The molecule has 0 bridgehead atoms. The summed E-state index contributed by atoms with van der Waals surface area (Å²) in [5.41, 5.74) is 1.78. The van der Waals surface area contributed by atoms with E-state index in [4.69, 9.17) is 0 Å². The monoisotopic (exact) mass is 461 g/mol. The Hall–Kier alpha value is -3.58. The normalized spacial score (nSPS) is 10.7. The molecule has 30 heavy (non-hydrogen) atoms. The Balaban J connectivity index is 1.52. The van der Waals surface area contributed by atoms with E-state index in [1.165, 1.54) is 10.9 Å². The lowest BCUT2D eigenvalue weighted by Gasteiger charge is -2.09. The van der Waals surface area contributed by atoms with Crippen molar-refractivity contribution < 1.29 is 9.59 Å². The van der Waals surface area contributed by atoms with Gasteiger partial charge in [0.05, 0.1) is 17.2 Å². The van der Waals surface area contributed by atoms with Crippen LogP contribution in [0.5, 0.6) is 0 Å². The predicted molar refractivity (Wildman–Crippen MR) is 119 cm³/mol. The van der Waals surface area contributed by atoms with Gasteiger partial charge in [-0.3, -0.25) is 19.0 Å². The van der Waals surface area contributed by atoms with Crippen LogP contribution in [-0.4, -0.2) is 21.2 Å². The number of nitrogens with one attached hydrogen (secondary N) is 1. The van der Waals surface area contributed by atoms with Gasteiger partial charge >= 0.3 is 0 Å². The number of nitrogens with zero attached hydrogens (tertiary/aromatic N) is 2. The Bertz CT molecular complexity index is 1320. The molecule has 148 valence electrons. The molecule has 1 aromatic heterocycles. The molecule has 4 rings (SSSR count). The second-order valence-corrected chi connectivity index (χ2v) is 7.58. The number of anilines is 1. The first-order valence-corrected chi connectivity index (χ1v) is 9.95. The van der Waals surface area contributed by atoms with Crippen molar-refractivity contribution in [3.63, 3.8) is 0 Å². The zero-order valence-corrected chi connectivity index (χ0v) is 17.3. The fourth-order valence-electron chi connectivity index (χ4n) is 3.09. The predicted octanol–water partition coefficient (Wildman–Crippen LogP) is 4.03. The first kappa shape index (κ1) is 19.7. The summed E-state index contributed by atoms with van der Waals surface area (Å²) in [7, 11) is 0. The Morgan fingerprint density at radius 1 is 0.933 bits per heavy atom. The molecule has 3 aromatic carbocycles. The maximum absolute atomic E-state index is 12.6. The molecule has 1 heterocycles. The van der Waals surface area contributed by atoms with Crippen molar-refractivity contribution >= 4 is 44.2 Å². The molecule has 0 aliphatic heterocycles. The van der Waals surface area contributed by atoms with Gasteiger partial charge in [0, 0.05) is 21.3 Å². The fourth-order valence-corrected chi connectivity index (χ4v) is 3.45. The number of halogens is 1. The number of amides is 1. The van der Waals surface area contributed by atoms with Gasteiger partial charge in [-0.1, -0.05) is 58.4 Å². The third-order valence-electron chi connectivity index (χ3n) is 4.54. The zero-order chi connectivity index (χ0) is 21.1. The van der Waals surface area contributed by atoms with Gasteiger partial charge in [0.25, 0.3) is 5.56 Å². The smallest absolute Gasteiger partial charge is 0.261 e. The van der Waals surface area contributed by atoms with Crippen molar-refractivity contribution in [2.75, 3.05) is 5.32 Å². The standard InChI is InChI=1S/C23H16BrN3O3/c24-17-9-10-20-19(12-17)23(30)27(14-25-20)13-21(28)26-18-8-4-7-16(11-18)22(29)15-5-2-1-3-6-15/h1-12,14H,13H2,(H,26,28). The lowest BCUT2D eigenvalue weighted by molar-refractivity contribution is -0.116. The van der Waals surface area contributed by atoms with Gasteiger partial charge in [0.2, 0.25) is 5.91 Å². The molecular weight excluding hydrogens is 446 g/mol. The van der Waals surface area contributed by atoms with Crippen LogP contribution < -0.4 is 10.9 Å². The Morgan fingerprint density at radius 3 is 2.50 bits per heavy atom. The van der Waals surface area contributed by atoms with Gasteiger partial charge < -0.3 is 5.32 Å². The van der Waals surface area contributed by atoms with Gasteiger partial charge in [0.1, 0.15) is 6.54 Å². The summed E-state index contributed by atoms with van der Waals surface area (Å²) in [4.78, 5) is 42.0. The number of fused-ring (bicyclic) bond motifs is 1. The maximum Gasteiger partial charge on any atom is 0.261 e. The molecule has 7 heteroatoms. The second-order valence-electron chi connectivity index (χ2n) is 6.66. The van der Waals surface area contributed by atoms with E-state index in [1.54, 1.807) is 66.7 Å².